The Morgan fingerprint density at radius 3 is 2.09 bits per heavy atom. The van der Waals surface area contributed by atoms with Gasteiger partial charge in [0.2, 0.25) is 0 Å². The Balaban J connectivity index is 3.20. The molecule has 0 bridgehead atoms. The van der Waals surface area contributed by atoms with Crippen LogP contribution < -0.4 is 0 Å². The van der Waals surface area contributed by atoms with Gasteiger partial charge in [-0.25, -0.2) is 8.99 Å². The van der Waals surface area contributed by atoms with Crippen LogP contribution in [0.1, 0.15) is 5.56 Å². The number of aryl methyl sites for hydroxylation is 1. The van der Waals surface area contributed by atoms with Crippen LogP contribution in [0.4, 0.5) is 0 Å². The van der Waals surface area contributed by atoms with Crippen LogP contribution in [0.3, 0.4) is 0 Å². The van der Waals surface area contributed by atoms with E-state index in [0.717, 1.165) is 5.56 Å². The molecule has 1 unspecified atom stereocenters. The molecule has 0 saturated carbocycles. The topological polar surface area (TPSA) is 40.9 Å². The van der Waals surface area contributed by atoms with Crippen molar-refractivity contribution < 1.29 is 4.21 Å². The molecule has 0 spiro atoms. The molecule has 1 atom stereocenters. The minimum atomic E-state index is -2.52. The lowest BCUT2D eigenvalue weighted by Crippen LogP contribution is -1.93. The van der Waals surface area contributed by atoms with E-state index < -0.39 is 9.73 Å². The third-order valence-corrected chi connectivity index (χ3v) is 2.64. The first-order chi connectivity index (χ1) is 5.00. The Kier molecular flexibility index (Phi) is 2.00. The van der Waals surface area contributed by atoms with Gasteiger partial charge in [-0.1, -0.05) is 17.7 Å². The summed E-state index contributed by atoms with van der Waals surface area (Å²) < 4.78 is 18.4. The molecule has 3 heteroatoms. The summed E-state index contributed by atoms with van der Waals surface area (Å²) in [5, 5.41) is 0. The van der Waals surface area contributed by atoms with Crippen LogP contribution in [0.2, 0.25) is 0 Å². The minimum Gasteiger partial charge on any atom is -0.249 e. The fourth-order valence-corrected chi connectivity index (χ4v) is 1.45. The van der Waals surface area contributed by atoms with Crippen molar-refractivity contribution in [2.75, 3.05) is 6.26 Å². The van der Waals surface area contributed by atoms with Crippen molar-refractivity contribution in [1.29, 1.82) is 4.78 Å². The van der Waals surface area contributed by atoms with Gasteiger partial charge in [-0.05, 0) is 19.1 Å². The molecular weight excluding hydrogens is 158 g/mol. The maximum absolute atomic E-state index is 11.2. The third-order valence-electron chi connectivity index (χ3n) is 1.47. The van der Waals surface area contributed by atoms with Crippen molar-refractivity contribution >= 4 is 9.73 Å². The lowest BCUT2D eigenvalue weighted by Gasteiger charge is -1.99. The molecule has 11 heavy (non-hydrogen) atoms. The van der Waals surface area contributed by atoms with E-state index in [1.165, 1.54) is 6.26 Å². The van der Waals surface area contributed by atoms with Gasteiger partial charge < -0.3 is 0 Å². The first kappa shape index (κ1) is 8.27. The Labute approximate surface area is 67.2 Å². The Hall–Kier alpha value is -0.830. The molecular formula is C8H11NOS. The van der Waals surface area contributed by atoms with Crippen molar-refractivity contribution in [3.8, 4) is 0 Å². The van der Waals surface area contributed by atoms with Gasteiger partial charge in [-0.3, -0.25) is 0 Å². The second kappa shape index (κ2) is 2.66. The van der Waals surface area contributed by atoms with Crippen molar-refractivity contribution in [2.45, 2.75) is 11.8 Å². The quantitative estimate of drug-likeness (QED) is 0.686. The molecule has 2 nitrogen and oxygen atoms in total. The maximum atomic E-state index is 11.2. The molecule has 0 fully saturated rings. The monoisotopic (exact) mass is 169 g/mol. The Morgan fingerprint density at radius 1 is 1.27 bits per heavy atom. The molecule has 0 heterocycles. The molecule has 0 radical (unpaired) electrons. The van der Waals surface area contributed by atoms with Gasteiger partial charge >= 0.3 is 0 Å². The fourth-order valence-electron chi connectivity index (χ4n) is 0.798. The SMILES string of the molecule is Cc1ccc(S(C)(=N)=O)cc1. The van der Waals surface area contributed by atoms with Gasteiger partial charge in [0.1, 0.15) is 0 Å². The highest BCUT2D eigenvalue weighted by molar-refractivity contribution is 7.91. The minimum absolute atomic E-state index is 0.600. The van der Waals surface area contributed by atoms with Gasteiger partial charge in [-0.15, -0.1) is 0 Å². The van der Waals surface area contributed by atoms with Gasteiger partial charge in [0.15, 0.2) is 0 Å². The van der Waals surface area contributed by atoms with Gasteiger partial charge in [-0.2, -0.15) is 0 Å². The molecule has 0 aliphatic rings. The predicted molar refractivity (Wildman–Crippen MR) is 46.2 cm³/mol. The second-order valence-electron chi connectivity index (χ2n) is 2.66. The molecule has 1 rings (SSSR count). The summed E-state index contributed by atoms with van der Waals surface area (Å²) in [5.74, 6) is 0. The first-order valence-corrected chi connectivity index (χ1v) is 5.27. The molecule has 0 saturated heterocycles. The van der Waals surface area contributed by atoms with Crippen LogP contribution in [0.25, 0.3) is 0 Å². The number of rotatable bonds is 1. The molecule has 0 aromatic heterocycles. The van der Waals surface area contributed by atoms with Crippen LogP contribution in [0.15, 0.2) is 29.2 Å². The van der Waals surface area contributed by atoms with E-state index in [1.807, 2.05) is 19.1 Å². The number of benzene rings is 1. The highest BCUT2D eigenvalue weighted by Gasteiger charge is 2.00. The van der Waals surface area contributed by atoms with E-state index in [9.17, 15) is 4.21 Å². The van der Waals surface area contributed by atoms with Crippen molar-refractivity contribution in [2.24, 2.45) is 0 Å². The summed E-state index contributed by atoms with van der Waals surface area (Å²) in [5.41, 5.74) is 1.12. The largest absolute Gasteiger partial charge is 0.249 e. The summed E-state index contributed by atoms with van der Waals surface area (Å²) in [4.78, 5) is 0.600. The Bertz CT molecular complexity index is 337. The normalized spacial score (nSPS) is 15.8. The molecule has 60 valence electrons. The lowest BCUT2D eigenvalue weighted by atomic mass is 10.2. The highest BCUT2D eigenvalue weighted by atomic mass is 32.2. The molecule has 1 N–H and O–H groups in total. The van der Waals surface area contributed by atoms with E-state index >= 15 is 0 Å². The summed E-state index contributed by atoms with van der Waals surface area (Å²) in [6, 6.07) is 7.22. The van der Waals surface area contributed by atoms with E-state index in [-0.39, 0.29) is 0 Å². The standard InChI is InChI=1S/C8H11NOS/c1-7-3-5-8(6-4-7)11(2,9)10/h3-6,9H,1-2H3. The predicted octanol–water partition coefficient (Wildman–Crippen LogP) is 2.03. The molecule has 0 amide bonds. The van der Waals surface area contributed by atoms with Crippen LogP contribution in [0.5, 0.6) is 0 Å². The van der Waals surface area contributed by atoms with Gasteiger partial charge in [0.05, 0.1) is 9.73 Å². The third kappa shape index (κ3) is 2.05. The molecule has 0 aliphatic heterocycles. The summed E-state index contributed by atoms with van der Waals surface area (Å²) in [6.07, 6.45) is 1.43. The summed E-state index contributed by atoms with van der Waals surface area (Å²) >= 11 is 0. The smallest absolute Gasteiger partial charge is 0.0696 e. The zero-order valence-electron chi connectivity index (χ0n) is 6.63. The van der Waals surface area contributed by atoms with Crippen LogP contribution in [-0.2, 0) is 9.73 Å². The van der Waals surface area contributed by atoms with E-state index in [2.05, 4.69) is 0 Å². The number of hydrogen-bond acceptors (Lipinski definition) is 2. The van der Waals surface area contributed by atoms with Crippen LogP contribution >= 0.6 is 0 Å². The zero-order chi connectivity index (χ0) is 8.48. The fraction of sp³-hybridized carbons (Fsp3) is 0.250. The molecule has 1 aromatic carbocycles. The van der Waals surface area contributed by atoms with E-state index in [4.69, 9.17) is 4.78 Å². The average Bonchev–Trinajstić information content (AvgIpc) is 1.86. The zero-order valence-corrected chi connectivity index (χ0v) is 7.44. The maximum Gasteiger partial charge on any atom is 0.0696 e. The summed E-state index contributed by atoms with van der Waals surface area (Å²) in [7, 11) is -2.52. The molecule has 1 aromatic rings. The number of hydrogen-bond donors (Lipinski definition) is 1. The number of nitrogens with one attached hydrogen (secondary N) is 1. The molecule has 0 aliphatic carbocycles. The van der Waals surface area contributed by atoms with Gasteiger partial charge in [0, 0.05) is 11.2 Å². The summed E-state index contributed by atoms with van der Waals surface area (Å²) in [6.45, 7) is 1.96. The van der Waals surface area contributed by atoms with Crippen LogP contribution in [0, 0.1) is 11.7 Å². The van der Waals surface area contributed by atoms with E-state index in [1.54, 1.807) is 12.1 Å². The van der Waals surface area contributed by atoms with Crippen molar-refractivity contribution in [3.63, 3.8) is 0 Å². The first-order valence-electron chi connectivity index (χ1n) is 3.30. The van der Waals surface area contributed by atoms with Gasteiger partial charge in [0.25, 0.3) is 0 Å². The second-order valence-corrected chi connectivity index (χ2v) is 4.82. The average molecular weight is 169 g/mol. The van der Waals surface area contributed by atoms with Crippen molar-refractivity contribution in [1.82, 2.24) is 0 Å². The van der Waals surface area contributed by atoms with E-state index in [0.29, 0.717) is 4.90 Å². The van der Waals surface area contributed by atoms with Crippen LogP contribution in [-0.4, -0.2) is 10.5 Å². The van der Waals surface area contributed by atoms with Crippen molar-refractivity contribution in [3.05, 3.63) is 29.8 Å². The lowest BCUT2D eigenvalue weighted by molar-refractivity contribution is 0.679. The Morgan fingerprint density at radius 2 is 1.73 bits per heavy atom. The highest BCUT2D eigenvalue weighted by Crippen LogP contribution is 2.09.